The highest BCUT2D eigenvalue weighted by Gasteiger charge is 2.32. The number of alkyl halides is 3. The second kappa shape index (κ2) is 8.38. The molecule has 1 aliphatic heterocycles. The molecule has 2 aromatic rings. The molecule has 0 radical (unpaired) electrons. The number of halogens is 3. The summed E-state index contributed by atoms with van der Waals surface area (Å²) in [7, 11) is -3.66. The summed E-state index contributed by atoms with van der Waals surface area (Å²) in [6.45, 7) is 0.360. The first kappa shape index (κ1) is 21.1. The molecule has 0 atom stereocenters. The van der Waals surface area contributed by atoms with E-state index in [1.165, 1.54) is 27.4 Å². The van der Waals surface area contributed by atoms with E-state index in [0.717, 1.165) is 23.1 Å². The van der Waals surface area contributed by atoms with E-state index in [4.69, 9.17) is 0 Å². The monoisotopic (exact) mass is 424 g/mol. The van der Waals surface area contributed by atoms with Gasteiger partial charge in [-0.15, -0.1) is 0 Å². The van der Waals surface area contributed by atoms with Crippen molar-refractivity contribution in [3.05, 3.63) is 76.7 Å². The van der Waals surface area contributed by atoms with Gasteiger partial charge in [-0.2, -0.15) is 17.5 Å². The van der Waals surface area contributed by atoms with Crippen LogP contribution >= 0.6 is 0 Å². The number of rotatable bonds is 4. The maximum atomic E-state index is 12.8. The fourth-order valence-corrected chi connectivity index (χ4v) is 4.15. The fraction of sp³-hybridized carbons (Fsp3) is 0.250. The summed E-state index contributed by atoms with van der Waals surface area (Å²) in [5.74, 6) is -0.548. The van der Waals surface area contributed by atoms with E-state index >= 15 is 0 Å². The molecule has 1 saturated heterocycles. The molecule has 1 fully saturated rings. The molecule has 0 N–H and O–H groups in total. The highest BCUT2D eigenvalue weighted by molar-refractivity contribution is 7.92. The fourth-order valence-electron chi connectivity index (χ4n) is 2.97. The quantitative estimate of drug-likeness (QED) is 0.755. The zero-order chi connectivity index (χ0) is 21.1. The van der Waals surface area contributed by atoms with Crippen molar-refractivity contribution in [3.63, 3.8) is 0 Å². The molecule has 0 spiro atoms. The van der Waals surface area contributed by atoms with Gasteiger partial charge in [-0.05, 0) is 29.8 Å². The van der Waals surface area contributed by atoms with E-state index in [-0.39, 0.29) is 31.7 Å². The van der Waals surface area contributed by atoms with E-state index in [9.17, 15) is 26.4 Å². The van der Waals surface area contributed by atoms with E-state index in [1.54, 1.807) is 24.3 Å². The van der Waals surface area contributed by atoms with Crippen molar-refractivity contribution in [2.75, 3.05) is 26.2 Å². The van der Waals surface area contributed by atoms with Crippen molar-refractivity contribution in [2.45, 2.75) is 6.18 Å². The lowest BCUT2D eigenvalue weighted by atomic mass is 10.1. The summed E-state index contributed by atoms with van der Waals surface area (Å²) >= 11 is 0. The molecule has 5 nitrogen and oxygen atoms in total. The second-order valence-corrected chi connectivity index (χ2v) is 8.35. The number of hydrogen-bond acceptors (Lipinski definition) is 3. The second-order valence-electron chi connectivity index (χ2n) is 6.53. The molecule has 29 heavy (non-hydrogen) atoms. The molecule has 0 aromatic heterocycles. The number of carbonyl (C=O) groups excluding carboxylic acids is 1. The summed E-state index contributed by atoms with van der Waals surface area (Å²) in [5, 5.41) is 1.12. The van der Waals surface area contributed by atoms with Gasteiger partial charge in [0.25, 0.3) is 5.91 Å². The predicted octanol–water partition coefficient (Wildman–Crippen LogP) is 3.46. The van der Waals surface area contributed by atoms with Gasteiger partial charge in [0.2, 0.25) is 10.0 Å². The maximum absolute atomic E-state index is 12.8. The average molecular weight is 424 g/mol. The Labute approximate surface area is 167 Å². The van der Waals surface area contributed by atoms with E-state index in [1.807, 2.05) is 6.07 Å². The minimum atomic E-state index is -4.53. The molecule has 0 unspecified atom stereocenters. The van der Waals surface area contributed by atoms with Crippen LogP contribution in [0.5, 0.6) is 0 Å². The Morgan fingerprint density at radius 3 is 2.21 bits per heavy atom. The van der Waals surface area contributed by atoms with Crippen LogP contribution in [-0.4, -0.2) is 49.7 Å². The van der Waals surface area contributed by atoms with Gasteiger partial charge in [0.1, 0.15) is 0 Å². The third-order valence-corrected chi connectivity index (χ3v) is 6.12. The average Bonchev–Trinajstić information content (AvgIpc) is 2.72. The van der Waals surface area contributed by atoms with Crippen LogP contribution in [0.4, 0.5) is 13.2 Å². The lowest BCUT2D eigenvalue weighted by molar-refractivity contribution is -0.137. The minimum Gasteiger partial charge on any atom is -0.336 e. The number of sulfonamides is 1. The molecule has 3 rings (SSSR count). The van der Waals surface area contributed by atoms with Crippen molar-refractivity contribution in [1.82, 2.24) is 9.21 Å². The predicted molar refractivity (Wildman–Crippen MR) is 103 cm³/mol. The number of carbonyl (C=O) groups is 1. The topological polar surface area (TPSA) is 57.7 Å². The summed E-state index contributed by atoms with van der Waals surface area (Å²) in [5.41, 5.74) is -0.217. The number of nitrogens with zero attached hydrogens (tertiary/aromatic N) is 2. The SMILES string of the molecule is O=C(c1cccc(C(F)(F)F)c1)N1CCN(S(=O)(=O)C=Cc2ccccc2)CC1. The molecular formula is C20H19F3N2O3S. The van der Waals surface area contributed by atoms with Gasteiger partial charge in [-0.1, -0.05) is 36.4 Å². The van der Waals surface area contributed by atoms with E-state index < -0.39 is 27.7 Å². The van der Waals surface area contributed by atoms with Crippen molar-refractivity contribution in [3.8, 4) is 0 Å². The molecular weight excluding hydrogens is 405 g/mol. The zero-order valence-electron chi connectivity index (χ0n) is 15.3. The Bertz CT molecular complexity index is 997. The number of hydrogen-bond donors (Lipinski definition) is 0. The first-order valence-electron chi connectivity index (χ1n) is 8.87. The summed E-state index contributed by atoms with van der Waals surface area (Å²) in [6.07, 6.45) is -3.04. The third kappa shape index (κ3) is 5.24. The van der Waals surface area contributed by atoms with Crippen LogP contribution in [0.1, 0.15) is 21.5 Å². The van der Waals surface area contributed by atoms with Gasteiger partial charge in [0, 0.05) is 37.2 Å². The van der Waals surface area contributed by atoms with Crippen LogP contribution in [0, 0.1) is 0 Å². The van der Waals surface area contributed by atoms with Crippen LogP contribution in [0.2, 0.25) is 0 Å². The molecule has 1 aliphatic rings. The standard InChI is InChI=1S/C20H19F3N2O3S/c21-20(22,23)18-8-4-7-17(15-18)19(26)24-10-12-25(13-11-24)29(27,28)14-9-16-5-2-1-3-6-16/h1-9,14-15H,10-13H2. The number of benzene rings is 2. The van der Waals surface area contributed by atoms with Gasteiger partial charge in [0.05, 0.1) is 5.56 Å². The molecule has 0 bridgehead atoms. The van der Waals surface area contributed by atoms with Gasteiger partial charge < -0.3 is 4.90 Å². The zero-order valence-corrected chi connectivity index (χ0v) is 16.2. The van der Waals surface area contributed by atoms with Gasteiger partial charge in [-0.25, -0.2) is 8.42 Å². The molecule has 9 heteroatoms. The molecule has 0 saturated carbocycles. The van der Waals surface area contributed by atoms with Crippen LogP contribution in [0.25, 0.3) is 6.08 Å². The summed E-state index contributed by atoms with van der Waals surface area (Å²) < 4.78 is 64.7. The maximum Gasteiger partial charge on any atom is 0.416 e. The summed E-state index contributed by atoms with van der Waals surface area (Å²) in [6, 6.07) is 13.2. The Morgan fingerprint density at radius 2 is 1.59 bits per heavy atom. The molecule has 2 aromatic carbocycles. The highest BCUT2D eigenvalue weighted by Crippen LogP contribution is 2.29. The van der Waals surface area contributed by atoms with Crippen LogP contribution in [0.3, 0.4) is 0 Å². The van der Waals surface area contributed by atoms with Crippen LogP contribution in [-0.2, 0) is 16.2 Å². The highest BCUT2D eigenvalue weighted by atomic mass is 32.2. The lowest BCUT2D eigenvalue weighted by Gasteiger charge is -2.33. The first-order valence-corrected chi connectivity index (χ1v) is 10.4. The number of amides is 1. The third-order valence-electron chi connectivity index (χ3n) is 4.55. The van der Waals surface area contributed by atoms with Crippen molar-refractivity contribution in [2.24, 2.45) is 0 Å². The van der Waals surface area contributed by atoms with Crippen molar-refractivity contribution in [1.29, 1.82) is 0 Å². The van der Waals surface area contributed by atoms with Crippen LogP contribution in [0.15, 0.2) is 60.0 Å². The van der Waals surface area contributed by atoms with Gasteiger partial charge >= 0.3 is 6.18 Å². The summed E-state index contributed by atoms with van der Waals surface area (Å²) in [4.78, 5) is 13.9. The number of piperazine rings is 1. The van der Waals surface area contributed by atoms with E-state index in [2.05, 4.69) is 0 Å². The largest absolute Gasteiger partial charge is 0.416 e. The van der Waals surface area contributed by atoms with Crippen LogP contribution < -0.4 is 0 Å². The molecule has 1 heterocycles. The molecule has 0 aliphatic carbocycles. The van der Waals surface area contributed by atoms with Crippen molar-refractivity contribution < 1.29 is 26.4 Å². The smallest absolute Gasteiger partial charge is 0.336 e. The lowest BCUT2D eigenvalue weighted by Crippen LogP contribution is -2.50. The Balaban J connectivity index is 1.64. The Hall–Kier alpha value is -2.65. The first-order chi connectivity index (χ1) is 13.7. The Kier molecular flexibility index (Phi) is 6.09. The van der Waals surface area contributed by atoms with Gasteiger partial charge in [0.15, 0.2) is 0 Å². The molecule has 1 amide bonds. The van der Waals surface area contributed by atoms with Crippen molar-refractivity contribution >= 4 is 22.0 Å². The van der Waals surface area contributed by atoms with E-state index in [0.29, 0.717) is 0 Å². The molecule has 154 valence electrons. The Morgan fingerprint density at radius 1 is 0.931 bits per heavy atom. The van der Waals surface area contributed by atoms with Gasteiger partial charge in [-0.3, -0.25) is 4.79 Å². The minimum absolute atomic E-state index is 0.0693. The normalized spacial score (nSPS) is 16.3.